The molecule has 42 valence electrons. The summed E-state index contributed by atoms with van der Waals surface area (Å²) in [7, 11) is 0. The molecule has 0 aliphatic rings. The van der Waals surface area contributed by atoms with E-state index in [0.29, 0.717) is 0 Å². The quantitative estimate of drug-likeness (QED) is 0.285. The van der Waals surface area contributed by atoms with Crippen molar-refractivity contribution in [3.8, 4) is 0 Å². The van der Waals surface area contributed by atoms with E-state index >= 15 is 0 Å². The maximum atomic E-state index is 4.72. The summed E-state index contributed by atoms with van der Waals surface area (Å²) in [4.78, 5) is 0. The first-order chi connectivity index (χ1) is 1.73. The van der Waals surface area contributed by atoms with Crippen molar-refractivity contribution in [2.45, 2.75) is 0 Å². The van der Waals surface area contributed by atoms with Crippen molar-refractivity contribution in [2.24, 2.45) is 0 Å². The minimum Gasteiger partial charge on any atom is -0.312 e. The second-order valence-electron chi connectivity index (χ2n) is 0.214. The molecular weight excluding hydrogens is 296 g/mol. The smallest absolute Gasteiger partial charge is 0.312 e. The molecule has 0 N–H and O–H groups in total. The van der Waals surface area contributed by atoms with Gasteiger partial charge >= 0.3 is 29.6 Å². The second-order valence-corrected chi connectivity index (χ2v) is 1.93. The van der Waals surface area contributed by atoms with Crippen molar-refractivity contribution >= 4 is 69.7 Å². The molecule has 0 unspecified atom stereocenters. The van der Waals surface area contributed by atoms with Crippen LogP contribution in [0.4, 0.5) is 0 Å². The third kappa shape index (κ3) is 51.6. The third-order valence-corrected chi connectivity index (χ3v) is 0. The Morgan fingerprint density at radius 1 is 1.00 bits per heavy atom. The van der Waals surface area contributed by atoms with Crippen LogP contribution in [0.1, 0.15) is 0 Å². The minimum atomic E-state index is -0.167. The van der Waals surface area contributed by atoms with Crippen LogP contribution in [0.25, 0.3) is 0 Å². The average molecular weight is 301 g/mol. The van der Waals surface area contributed by atoms with E-state index in [0.717, 1.165) is 0 Å². The van der Waals surface area contributed by atoms with Crippen molar-refractivity contribution in [1.29, 1.82) is 0 Å². The van der Waals surface area contributed by atoms with Crippen LogP contribution in [0.5, 0.6) is 0 Å². The van der Waals surface area contributed by atoms with Gasteiger partial charge in [0.25, 0.3) is 0 Å². The van der Waals surface area contributed by atoms with Gasteiger partial charge < -0.3 is 34.8 Å². The Balaban J connectivity index is -0.0000000150. The van der Waals surface area contributed by atoms with Gasteiger partial charge in [0.15, 0.2) is 0 Å². The van der Waals surface area contributed by atoms with Crippen molar-refractivity contribution in [2.75, 3.05) is 0 Å². The molecule has 0 radical (unpaired) electrons. The molecule has 0 nitrogen and oxygen atoms in total. The molecule has 0 aromatic heterocycles. The first kappa shape index (κ1) is 22.6. The Kier molecular flexibility index (Phi) is 51.3. The molecule has 0 amide bonds. The van der Waals surface area contributed by atoms with Crippen LogP contribution in [-0.2, 0) is 0 Å². The van der Waals surface area contributed by atoms with E-state index in [1.165, 1.54) is 0 Å². The monoisotopic (exact) mass is 300 g/mol. The maximum absolute atomic E-state index is 4.72. The predicted molar refractivity (Wildman–Crippen MR) is 47.6 cm³/mol. The topological polar surface area (TPSA) is 0 Å². The summed E-state index contributed by atoms with van der Waals surface area (Å²) in [5.74, 6) is 0. The molecule has 0 spiro atoms. The van der Waals surface area contributed by atoms with Gasteiger partial charge in [0, 0.05) is 0 Å². The minimum absolute atomic E-state index is 0. The Labute approximate surface area is 102 Å². The number of hydrogen-bond donors (Lipinski definition) is 0. The van der Waals surface area contributed by atoms with Gasteiger partial charge in [-0.15, -0.1) is 24.0 Å². The molecule has 0 saturated heterocycles. The number of halogens is 4. The van der Waals surface area contributed by atoms with E-state index in [1.807, 2.05) is 0 Å². The van der Waals surface area contributed by atoms with Crippen LogP contribution < -0.4 is 29.6 Å². The zero-order valence-corrected chi connectivity index (χ0v) is 9.64. The zero-order chi connectivity index (χ0) is 3.58. The van der Waals surface area contributed by atoms with E-state index in [4.69, 9.17) is 34.8 Å². The normalized spacial score (nSPS) is 5.14. The fourth-order valence-electron chi connectivity index (χ4n) is 0. The summed E-state index contributed by atoms with van der Waals surface area (Å²) < 4.78 is -0.167. The molecule has 0 aliphatic carbocycles. The van der Waals surface area contributed by atoms with Crippen LogP contribution in [0.15, 0.2) is 0 Å². The van der Waals surface area contributed by atoms with E-state index in [9.17, 15) is 0 Å². The average Bonchev–Trinajstić information content (AvgIpc) is 0.811. The van der Waals surface area contributed by atoms with Gasteiger partial charge in [-0.2, -0.15) is 0 Å². The fraction of sp³-hybridized carbons (Fsp3) is 0. The van der Waals surface area contributed by atoms with Gasteiger partial charge in [-0.1, -0.05) is 4.30 Å². The van der Waals surface area contributed by atoms with Crippen LogP contribution in [-0.4, -0.2) is 11.0 Å². The van der Waals surface area contributed by atoms with Crippen molar-refractivity contribution in [3.05, 3.63) is 4.30 Å². The first-order valence-electron chi connectivity index (χ1n) is 0.567. The van der Waals surface area contributed by atoms with Crippen LogP contribution in [0, 0.1) is 4.30 Å². The van der Waals surface area contributed by atoms with Crippen LogP contribution >= 0.6 is 58.8 Å². The van der Waals surface area contributed by atoms with Gasteiger partial charge in [-0.25, -0.2) is 0 Å². The maximum Gasteiger partial charge on any atom is 1.00 e. The van der Waals surface area contributed by atoms with E-state index in [2.05, 4.69) is 0 Å². The van der Waals surface area contributed by atoms with Crippen molar-refractivity contribution < 1.29 is 29.6 Å². The van der Waals surface area contributed by atoms with Crippen LogP contribution in [0.2, 0.25) is 0 Å². The Bertz CT molecular complexity index is 19.7. The zero-order valence-electron chi connectivity index (χ0n) is 3.04. The van der Waals surface area contributed by atoms with Crippen molar-refractivity contribution in [3.63, 3.8) is 0 Å². The van der Waals surface area contributed by atoms with Gasteiger partial charge in [-0.05, 0) is 11.0 Å². The molecule has 0 aliphatic heterocycles. The standard InChI is InChI=1S/CCl3.HI.Na.H4Si/c2-1(3)4;;;/h;1H;;1H4/q-1;;+1;. The second kappa shape index (κ2) is 15.9. The third-order valence-electron chi connectivity index (χ3n) is 0. The van der Waals surface area contributed by atoms with E-state index in [1.54, 1.807) is 0 Å². The number of hydrogen-bond acceptors (Lipinski definition) is 0. The predicted octanol–water partition coefficient (Wildman–Crippen LogP) is -1.68. The molecular formula is CH5Cl3INaSi. The summed E-state index contributed by atoms with van der Waals surface area (Å²) in [5.41, 5.74) is 0. The van der Waals surface area contributed by atoms with E-state index in [-0.39, 0.29) is 68.8 Å². The molecule has 0 atom stereocenters. The summed E-state index contributed by atoms with van der Waals surface area (Å²) in [5, 5.41) is 0. The van der Waals surface area contributed by atoms with Gasteiger partial charge in [0.1, 0.15) is 0 Å². The molecule has 0 fully saturated rings. The van der Waals surface area contributed by atoms with E-state index < -0.39 is 0 Å². The van der Waals surface area contributed by atoms with Crippen LogP contribution in [0.3, 0.4) is 0 Å². The Morgan fingerprint density at radius 3 is 1.00 bits per heavy atom. The molecule has 0 rings (SSSR count). The molecule has 6 heteroatoms. The summed E-state index contributed by atoms with van der Waals surface area (Å²) in [6.07, 6.45) is 0. The van der Waals surface area contributed by atoms with Crippen molar-refractivity contribution in [1.82, 2.24) is 0 Å². The fourth-order valence-corrected chi connectivity index (χ4v) is 0. The molecule has 0 aromatic carbocycles. The van der Waals surface area contributed by atoms with Gasteiger partial charge in [0.2, 0.25) is 0 Å². The largest absolute Gasteiger partial charge is 1.00 e. The first-order valence-corrected chi connectivity index (χ1v) is 1.70. The Hall–Kier alpha value is 2.82. The number of rotatable bonds is 0. The molecule has 0 aromatic rings. The molecule has 0 saturated carbocycles. The SMILES string of the molecule is Cl[C-](Cl)Cl.I.[Na+].[SiH4]. The molecule has 0 bridgehead atoms. The van der Waals surface area contributed by atoms with Gasteiger partial charge in [0.05, 0.1) is 0 Å². The molecule has 0 heterocycles. The summed E-state index contributed by atoms with van der Waals surface area (Å²) >= 11 is 14.2. The summed E-state index contributed by atoms with van der Waals surface area (Å²) in [6.45, 7) is 0. The Morgan fingerprint density at radius 2 is 1.00 bits per heavy atom. The molecule has 7 heavy (non-hydrogen) atoms. The van der Waals surface area contributed by atoms with Gasteiger partial charge in [-0.3, -0.25) is 0 Å². The summed E-state index contributed by atoms with van der Waals surface area (Å²) in [6, 6.07) is 0.